The number of aliphatic imine (C=N–C) groups is 1. The van der Waals surface area contributed by atoms with Crippen molar-refractivity contribution in [1.29, 1.82) is 0 Å². The highest BCUT2D eigenvalue weighted by Crippen LogP contribution is 2.19. The van der Waals surface area contributed by atoms with Gasteiger partial charge >= 0.3 is 0 Å². The van der Waals surface area contributed by atoms with Crippen molar-refractivity contribution in [1.82, 2.24) is 5.32 Å². The third kappa shape index (κ3) is 4.86. The summed E-state index contributed by atoms with van der Waals surface area (Å²) in [5.41, 5.74) is 14.1. The molecule has 0 aliphatic rings. The zero-order valence-electron chi connectivity index (χ0n) is 14.6. The molecule has 1 aromatic heterocycles. The third-order valence-corrected chi connectivity index (χ3v) is 4.82. The molecule has 0 saturated heterocycles. The summed E-state index contributed by atoms with van der Waals surface area (Å²) in [6.07, 6.45) is 0.652. The van der Waals surface area contributed by atoms with Crippen molar-refractivity contribution >= 4 is 34.5 Å². The van der Waals surface area contributed by atoms with Crippen LogP contribution in [0.2, 0.25) is 0 Å². The summed E-state index contributed by atoms with van der Waals surface area (Å²) in [5, 5.41) is 14.5. The first-order valence-corrected chi connectivity index (χ1v) is 9.24. The van der Waals surface area contributed by atoms with Crippen molar-refractivity contribution in [2.45, 2.75) is 6.42 Å². The summed E-state index contributed by atoms with van der Waals surface area (Å²) in [5.74, 6) is 0.0453. The van der Waals surface area contributed by atoms with Crippen molar-refractivity contribution in [2.24, 2.45) is 10.7 Å². The lowest BCUT2D eigenvalue weighted by atomic mass is 10.1. The highest BCUT2D eigenvalue weighted by atomic mass is 32.1. The quantitative estimate of drug-likeness (QED) is 0.228. The second-order valence-corrected chi connectivity index (χ2v) is 6.87. The van der Waals surface area contributed by atoms with Crippen LogP contribution in [-0.4, -0.2) is 23.4 Å². The van der Waals surface area contributed by atoms with Crippen LogP contribution >= 0.6 is 11.3 Å². The number of aromatic hydroxyl groups is 1. The number of nitrogens with zero attached hydrogens (tertiary/aromatic N) is 1. The van der Waals surface area contributed by atoms with Gasteiger partial charge in [0.15, 0.2) is 0 Å². The molecule has 7 heteroatoms. The molecule has 0 spiro atoms. The summed E-state index contributed by atoms with van der Waals surface area (Å²) in [6.45, 7) is 0.438. The average Bonchev–Trinajstić information content (AvgIpc) is 3.20. The number of nitrogens with two attached hydrogens (primary N) is 2. The Morgan fingerprint density at radius 3 is 2.63 bits per heavy atom. The van der Waals surface area contributed by atoms with Crippen molar-refractivity contribution in [2.75, 3.05) is 12.3 Å². The first-order chi connectivity index (χ1) is 13.0. The Morgan fingerprint density at radius 1 is 1.15 bits per heavy atom. The standard InChI is InChI=1S/C20H20N4O2S/c21-14-5-8-17(25)16(12-14)20(26)23-10-9-13-3-6-15(7-4-13)24-19(22)18-2-1-11-27-18/h1-8,11-12,25H,9-10,21H2,(H2,22,24)(H,23,26). The smallest absolute Gasteiger partial charge is 0.255 e. The number of phenolic OH excluding ortho intramolecular Hbond substituents is 1. The van der Waals surface area contributed by atoms with E-state index in [9.17, 15) is 9.90 Å². The maximum atomic E-state index is 12.1. The maximum absolute atomic E-state index is 12.1. The fourth-order valence-electron chi connectivity index (χ4n) is 2.51. The minimum absolute atomic E-state index is 0.0905. The molecule has 0 aliphatic carbocycles. The zero-order chi connectivity index (χ0) is 19.2. The molecule has 0 unspecified atom stereocenters. The van der Waals surface area contributed by atoms with Crippen LogP contribution in [0, 0.1) is 0 Å². The SMILES string of the molecule is NC(=Nc1ccc(CCNC(=O)c2cc(N)ccc2O)cc1)c1cccs1. The van der Waals surface area contributed by atoms with Crippen LogP contribution in [0.15, 0.2) is 65.0 Å². The number of thiophene rings is 1. The Bertz CT molecular complexity index is 951. The molecule has 27 heavy (non-hydrogen) atoms. The Hall–Kier alpha value is -3.32. The molecule has 2 aromatic carbocycles. The summed E-state index contributed by atoms with van der Waals surface area (Å²) in [6, 6.07) is 15.9. The number of nitrogen functional groups attached to an aromatic ring is 1. The number of phenols is 1. The molecule has 6 nitrogen and oxygen atoms in total. The number of benzene rings is 2. The van der Waals surface area contributed by atoms with Gasteiger partial charge in [-0.15, -0.1) is 11.3 Å². The van der Waals surface area contributed by atoms with Gasteiger partial charge in [-0.25, -0.2) is 4.99 Å². The molecule has 6 N–H and O–H groups in total. The fraction of sp³-hybridized carbons (Fsp3) is 0.100. The van der Waals surface area contributed by atoms with E-state index >= 15 is 0 Å². The number of carbonyl (C=O) groups excluding carboxylic acids is 1. The van der Waals surface area contributed by atoms with Gasteiger partial charge in [-0.05, 0) is 53.8 Å². The van der Waals surface area contributed by atoms with E-state index in [1.165, 1.54) is 12.1 Å². The number of nitrogens with one attached hydrogen (secondary N) is 1. The second-order valence-electron chi connectivity index (χ2n) is 5.92. The molecular formula is C20H20N4O2S. The first-order valence-electron chi connectivity index (χ1n) is 8.36. The highest BCUT2D eigenvalue weighted by Gasteiger charge is 2.10. The van der Waals surface area contributed by atoms with E-state index in [1.54, 1.807) is 17.4 Å². The molecule has 1 heterocycles. The van der Waals surface area contributed by atoms with E-state index < -0.39 is 0 Å². The molecule has 0 saturated carbocycles. The number of hydrogen-bond acceptors (Lipinski definition) is 5. The van der Waals surface area contributed by atoms with Crippen LogP contribution in [0.1, 0.15) is 20.8 Å². The predicted octanol–water partition coefficient (Wildman–Crippen LogP) is 3.05. The highest BCUT2D eigenvalue weighted by molar-refractivity contribution is 7.12. The largest absolute Gasteiger partial charge is 0.507 e. The average molecular weight is 380 g/mol. The number of amidine groups is 1. The van der Waals surface area contributed by atoms with Gasteiger partial charge in [-0.1, -0.05) is 18.2 Å². The lowest BCUT2D eigenvalue weighted by Crippen LogP contribution is -2.25. The van der Waals surface area contributed by atoms with Gasteiger partial charge in [-0.3, -0.25) is 4.79 Å². The fourth-order valence-corrected chi connectivity index (χ4v) is 3.13. The molecule has 0 bridgehead atoms. The molecule has 0 fully saturated rings. The molecular weight excluding hydrogens is 360 g/mol. The Labute approximate surface area is 161 Å². The van der Waals surface area contributed by atoms with Gasteiger partial charge in [0, 0.05) is 12.2 Å². The number of hydrogen-bond donors (Lipinski definition) is 4. The molecule has 3 aromatic rings. The summed E-state index contributed by atoms with van der Waals surface area (Å²) in [7, 11) is 0. The normalized spacial score (nSPS) is 11.3. The first kappa shape index (κ1) is 18.5. The van der Waals surface area contributed by atoms with E-state index in [0.717, 1.165) is 16.1 Å². The predicted molar refractivity (Wildman–Crippen MR) is 110 cm³/mol. The summed E-state index contributed by atoms with van der Waals surface area (Å²) < 4.78 is 0. The number of amides is 1. The Morgan fingerprint density at radius 2 is 1.93 bits per heavy atom. The number of carbonyl (C=O) groups is 1. The topological polar surface area (TPSA) is 114 Å². The summed E-state index contributed by atoms with van der Waals surface area (Å²) >= 11 is 1.55. The van der Waals surface area contributed by atoms with Crippen LogP contribution in [-0.2, 0) is 6.42 Å². The Balaban J connectivity index is 1.55. The Kier molecular flexibility index (Phi) is 5.73. The van der Waals surface area contributed by atoms with Crippen LogP contribution in [0.3, 0.4) is 0 Å². The van der Waals surface area contributed by atoms with Crippen LogP contribution in [0.25, 0.3) is 0 Å². The molecule has 3 rings (SSSR count). The lowest BCUT2D eigenvalue weighted by Gasteiger charge is -2.08. The molecule has 0 atom stereocenters. The molecule has 0 aliphatic heterocycles. The van der Waals surface area contributed by atoms with Crippen LogP contribution in [0.4, 0.5) is 11.4 Å². The number of rotatable bonds is 6. The lowest BCUT2D eigenvalue weighted by molar-refractivity contribution is 0.0951. The van der Waals surface area contributed by atoms with Gasteiger partial charge in [0.05, 0.1) is 16.1 Å². The second kappa shape index (κ2) is 8.37. The van der Waals surface area contributed by atoms with Crippen molar-refractivity contribution in [3.05, 3.63) is 76.0 Å². The van der Waals surface area contributed by atoms with Gasteiger partial charge in [0.25, 0.3) is 5.91 Å². The number of anilines is 1. The van der Waals surface area contributed by atoms with E-state index in [-0.39, 0.29) is 17.2 Å². The van der Waals surface area contributed by atoms with E-state index in [1.807, 2.05) is 41.8 Å². The van der Waals surface area contributed by atoms with Crippen molar-refractivity contribution < 1.29 is 9.90 Å². The molecule has 1 amide bonds. The minimum Gasteiger partial charge on any atom is -0.507 e. The van der Waals surface area contributed by atoms with E-state index in [2.05, 4.69) is 10.3 Å². The molecule has 0 radical (unpaired) electrons. The van der Waals surface area contributed by atoms with Crippen molar-refractivity contribution in [3.8, 4) is 5.75 Å². The van der Waals surface area contributed by atoms with Gasteiger partial charge in [-0.2, -0.15) is 0 Å². The van der Waals surface area contributed by atoms with Gasteiger partial charge in [0.1, 0.15) is 11.6 Å². The molecule has 138 valence electrons. The third-order valence-electron chi connectivity index (χ3n) is 3.92. The summed E-state index contributed by atoms with van der Waals surface area (Å²) in [4.78, 5) is 17.5. The van der Waals surface area contributed by atoms with Gasteiger partial charge in [0.2, 0.25) is 0 Å². The van der Waals surface area contributed by atoms with E-state index in [4.69, 9.17) is 11.5 Å². The van der Waals surface area contributed by atoms with Crippen molar-refractivity contribution in [3.63, 3.8) is 0 Å². The monoisotopic (exact) mass is 380 g/mol. The van der Waals surface area contributed by atoms with E-state index in [0.29, 0.717) is 24.5 Å². The van der Waals surface area contributed by atoms with Crippen LogP contribution < -0.4 is 16.8 Å². The van der Waals surface area contributed by atoms with Crippen LogP contribution in [0.5, 0.6) is 5.75 Å². The van der Waals surface area contributed by atoms with Gasteiger partial charge < -0.3 is 21.9 Å². The minimum atomic E-state index is -0.357. The maximum Gasteiger partial charge on any atom is 0.255 e. The zero-order valence-corrected chi connectivity index (χ0v) is 15.4.